The molecule has 0 bridgehead atoms. The van der Waals surface area contributed by atoms with Crippen LogP contribution in [0.15, 0.2) is 95.8 Å². The third-order valence-corrected chi connectivity index (χ3v) is 6.44. The molecule has 0 aliphatic heterocycles. The van der Waals surface area contributed by atoms with Crippen LogP contribution in [0.1, 0.15) is 77.7 Å². The maximum absolute atomic E-state index is 4.28. The first-order chi connectivity index (χ1) is 15.5. The molecule has 1 heteroatoms. The van der Waals surface area contributed by atoms with Crippen molar-refractivity contribution in [1.82, 2.24) is 0 Å². The van der Waals surface area contributed by atoms with Crippen molar-refractivity contribution in [2.24, 2.45) is 0 Å². The second-order valence-corrected chi connectivity index (χ2v) is 8.72. The van der Waals surface area contributed by atoms with E-state index in [1.807, 2.05) is 6.08 Å². The molecule has 1 aromatic rings. The molecule has 0 atom stereocenters. The van der Waals surface area contributed by atoms with Crippen LogP contribution in [0.3, 0.4) is 0 Å². The van der Waals surface area contributed by atoms with E-state index in [1.165, 1.54) is 60.9 Å². The summed E-state index contributed by atoms with van der Waals surface area (Å²) < 4.78 is 0. The predicted octanol–water partition coefficient (Wildman–Crippen LogP) is 9.26. The highest BCUT2D eigenvalue weighted by molar-refractivity contribution is 5.54. The van der Waals surface area contributed by atoms with E-state index < -0.39 is 0 Å². The summed E-state index contributed by atoms with van der Waals surface area (Å²) in [6.45, 7) is 15.0. The summed E-state index contributed by atoms with van der Waals surface area (Å²) in [5.74, 6) is 0. The van der Waals surface area contributed by atoms with E-state index in [4.69, 9.17) is 0 Å². The fourth-order valence-corrected chi connectivity index (χ4v) is 4.39. The Kier molecular flexibility index (Phi) is 11.1. The van der Waals surface area contributed by atoms with Crippen molar-refractivity contribution < 1.29 is 0 Å². The van der Waals surface area contributed by atoms with E-state index in [0.717, 1.165) is 25.0 Å². The molecular weight excluding hydrogens is 386 g/mol. The van der Waals surface area contributed by atoms with Crippen molar-refractivity contribution in [2.45, 2.75) is 78.6 Å². The minimum absolute atomic E-state index is 0.889. The first-order valence-electron chi connectivity index (χ1n) is 12.4. The normalized spacial score (nSPS) is 15.4. The van der Waals surface area contributed by atoms with Gasteiger partial charge in [-0.2, -0.15) is 0 Å². The highest BCUT2D eigenvalue weighted by Crippen LogP contribution is 2.31. The molecule has 32 heavy (non-hydrogen) atoms. The van der Waals surface area contributed by atoms with Gasteiger partial charge in [-0.15, -0.1) is 6.58 Å². The summed E-state index contributed by atoms with van der Waals surface area (Å²) in [5.41, 5.74) is 9.55. The second kappa shape index (κ2) is 13.8. The highest BCUT2D eigenvalue weighted by atomic mass is 15.1. The molecule has 0 heterocycles. The van der Waals surface area contributed by atoms with Crippen molar-refractivity contribution in [3.63, 3.8) is 0 Å². The second-order valence-electron chi connectivity index (χ2n) is 8.72. The zero-order valence-corrected chi connectivity index (χ0v) is 20.9. The first kappa shape index (κ1) is 25.7. The molecular formula is C31H43N. The Labute approximate surface area is 197 Å². The summed E-state index contributed by atoms with van der Waals surface area (Å²) in [7, 11) is 2.08. The van der Waals surface area contributed by atoms with Gasteiger partial charge in [0.15, 0.2) is 0 Å². The van der Waals surface area contributed by atoms with E-state index in [1.54, 1.807) is 11.1 Å². The first-order valence-corrected chi connectivity index (χ1v) is 12.4. The fraction of sp³-hybridized carbons (Fsp3) is 0.419. The van der Waals surface area contributed by atoms with Crippen LogP contribution in [0.5, 0.6) is 0 Å². The van der Waals surface area contributed by atoms with Crippen LogP contribution in [-0.2, 0) is 6.42 Å². The van der Waals surface area contributed by atoms with Crippen molar-refractivity contribution in [2.75, 3.05) is 11.9 Å². The van der Waals surface area contributed by atoms with Gasteiger partial charge < -0.3 is 4.90 Å². The largest absolute Gasteiger partial charge is 0.345 e. The molecule has 0 N–H and O–H groups in total. The predicted molar refractivity (Wildman–Crippen MR) is 144 cm³/mol. The summed E-state index contributed by atoms with van der Waals surface area (Å²) in [6, 6.07) is 8.81. The Bertz CT molecular complexity index is 874. The van der Waals surface area contributed by atoms with E-state index in [2.05, 4.69) is 94.4 Å². The summed E-state index contributed by atoms with van der Waals surface area (Å²) >= 11 is 0. The van der Waals surface area contributed by atoms with Crippen molar-refractivity contribution in [3.05, 3.63) is 101 Å². The van der Waals surface area contributed by atoms with Gasteiger partial charge in [0.25, 0.3) is 0 Å². The van der Waals surface area contributed by atoms with Crippen LogP contribution in [-0.4, -0.2) is 7.05 Å². The monoisotopic (exact) mass is 429 g/mol. The van der Waals surface area contributed by atoms with Gasteiger partial charge in [-0.3, -0.25) is 0 Å². The molecule has 2 rings (SSSR count). The van der Waals surface area contributed by atoms with Crippen molar-refractivity contribution >= 4 is 5.69 Å². The number of anilines is 1. The number of benzene rings is 1. The van der Waals surface area contributed by atoms with Crippen LogP contribution in [0.25, 0.3) is 0 Å². The molecule has 1 aliphatic rings. The third-order valence-electron chi connectivity index (χ3n) is 6.44. The van der Waals surface area contributed by atoms with Gasteiger partial charge in [0.1, 0.15) is 0 Å². The maximum Gasteiger partial charge on any atom is 0.0408 e. The number of nitrogens with zero attached hydrogens (tertiary/aromatic N) is 1. The molecule has 0 fully saturated rings. The Morgan fingerprint density at radius 1 is 1.03 bits per heavy atom. The van der Waals surface area contributed by atoms with E-state index in [9.17, 15) is 0 Å². The highest BCUT2D eigenvalue weighted by Gasteiger charge is 2.11. The number of likely N-dealkylation sites (N-methyl/N-ethyl adjacent to an activating group) is 1. The van der Waals surface area contributed by atoms with E-state index >= 15 is 0 Å². The summed E-state index contributed by atoms with van der Waals surface area (Å²) in [4.78, 5) is 2.14. The topological polar surface area (TPSA) is 3.24 Å². The molecule has 172 valence electrons. The van der Waals surface area contributed by atoms with Gasteiger partial charge in [0.2, 0.25) is 0 Å². The standard InChI is InChI=1S/C31H43N/c1-7-14-26-20-22-31(23-21-26)32(6)25(5)16-13-19-29(15-8-2)28(10-4)24-30-18-12-11-17-27(30)9-3/h8,13,16,19-24H,2,5,7,9-12,14-15,17-18H2,1,3-4,6H3/b16-13-,28-24+,29-19+. The minimum Gasteiger partial charge on any atom is -0.345 e. The molecule has 0 spiro atoms. The van der Waals surface area contributed by atoms with Crippen molar-refractivity contribution in [1.29, 1.82) is 0 Å². The van der Waals surface area contributed by atoms with Gasteiger partial charge in [-0.1, -0.05) is 75.8 Å². The molecule has 1 aromatic carbocycles. The quantitative estimate of drug-likeness (QED) is 0.236. The van der Waals surface area contributed by atoms with Gasteiger partial charge in [-0.05, 0) is 91.9 Å². The van der Waals surface area contributed by atoms with Crippen LogP contribution in [0, 0.1) is 0 Å². The number of rotatable bonds is 12. The SMILES string of the molecule is C=CCC(=C\C=C/C(=C)N(C)c1ccc(CCC)cc1)/C(=C/C1=C(CC)CCCC1)CC. The van der Waals surface area contributed by atoms with Crippen LogP contribution in [0.2, 0.25) is 0 Å². The number of hydrogen-bond donors (Lipinski definition) is 0. The average Bonchev–Trinajstić information content (AvgIpc) is 2.82. The van der Waals surface area contributed by atoms with Crippen LogP contribution in [0.4, 0.5) is 5.69 Å². The van der Waals surface area contributed by atoms with Crippen molar-refractivity contribution in [3.8, 4) is 0 Å². The Hall–Kier alpha value is -2.54. The number of aryl methyl sites for hydroxylation is 1. The van der Waals surface area contributed by atoms with E-state index in [0.29, 0.717) is 0 Å². The van der Waals surface area contributed by atoms with Gasteiger partial charge >= 0.3 is 0 Å². The zero-order chi connectivity index (χ0) is 23.3. The number of allylic oxidation sites excluding steroid dienone is 9. The molecule has 0 radical (unpaired) electrons. The lowest BCUT2D eigenvalue weighted by Gasteiger charge is -2.20. The summed E-state index contributed by atoms with van der Waals surface area (Å²) in [5, 5.41) is 0. The minimum atomic E-state index is 0.889. The third kappa shape index (κ3) is 7.55. The molecule has 1 aliphatic carbocycles. The molecule has 0 amide bonds. The molecule has 0 unspecified atom stereocenters. The summed E-state index contributed by atoms with van der Waals surface area (Å²) in [6.07, 6.45) is 21.5. The molecule has 0 aromatic heterocycles. The lowest BCUT2D eigenvalue weighted by molar-refractivity contribution is 0.665. The number of hydrogen-bond acceptors (Lipinski definition) is 1. The lowest BCUT2D eigenvalue weighted by Crippen LogP contribution is -2.13. The smallest absolute Gasteiger partial charge is 0.0408 e. The van der Waals surface area contributed by atoms with E-state index in [-0.39, 0.29) is 0 Å². The Morgan fingerprint density at radius 3 is 2.38 bits per heavy atom. The lowest BCUT2D eigenvalue weighted by atomic mass is 9.87. The molecule has 1 nitrogen and oxygen atoms in total. The molecule has 0 saturated heterocycles. The van der Waals surface area contributed by atoms with Crippen LogP contribution >= 0.6 is 0 Å². The van der Waals surface area contributed by atoms with Gasteiger partial charge in [0, 0.05) is 18.4 Å². The Morgan fingerprint density at radius 2 is 1.75 bits per heavy atom. The van der Waals surface area contributed by atoms with Crippen LogP contribution < -0.4 is 4.90 Å². The zero-order valence-electron chi connectivity index (χ0n) is 20.9. The average molecular weight is 430 g/mol. The van der Waals surface area contributed by atoms with Gasteiger partial charge in [0.05, 0.1) is 0 Å². The molecule has 0 saturated carbocycles. The fourth-order valence-electron chi connectivity index (χ4n) is 4.39. The Balaban J connectivity index is 2.18. The van der Waals surface area contributed by atoms with Gasteiger partial charge in [-0.25, -0.2) is 0 Å². The maximum atomic E-state index is 4.28.